The van der Waals surface area contributed by atoms with E-state index in [2.05, 4.69) is 0 Å². The number of carbonyl (C=O) groups is 1. The molecule has 0 fully saturated rings. The molecule has 1 aromatic carbocycles. The van der Waals surface area contributed by atoms with E-state index in [9.17, 15) is 4.79 Å². The van der Waals surface area contributed by atoms with Crippen LogP contribution in [0.4, 0.5) is 0 Å². The molecule has 1 rings (SSSR count). The molecule has 0 heterocycles. The molecule has 4 heteroatoms. The maximum atomic E-state index is 11.6. The molecule has 0 spiro atoms. The maximum Gasteiger partial charge on any atom is 0.260 e. The van der Waals surface area contributed by atoms with Gasteiger partial charge in [-0.15, -0.1) is 0 Å². The third-order valence-electron chi connectivity index (χ3n) is 2.29. The predicted octanol–water partition coefficient (Wildman–Crippen LogP) is 2.59. The molecule has 1 amide bonds. The first kappa shape index (κ1) is 12.8. The molecule has 0 saturated carbocycles. The van der Waals surface area contributed by atoms with Crippen LogP contribution in [-0.2, 0) is 4.79 Å². The molecule has 0 aliphatic carbocycles. The van der Waals surface area contributed by atoms with Crippen molar-refractivity contribution < 1.29 is 9.53 Å². The summed E-state index contributed by atoms with van der Waals surface area (Å²) in [5.41, 5.74) is 0. The number of hydrogen-bond acceptors (Lipinski definition) is 2. The molecule has 0 saturated heterocycles. The van der Waals surface area contributed by atoms with Crippen molar-refractivity contribution in [3.8, 4) is 5.75 Å². The summed E-state index contributed by atoms with van der Waals surface area (Å²) in [5.74, 6) is 0.657. The first-order valence-corrected chi connectivity index (χ1v) is 5.71. The molecule has 3 nitrogen and oxygen atoms in total. The Morgan fingerprint density at radius 1 is 1.25 bits per heavy atom. The van der Waals surface area contributed by atoms with Crippen LogP contribution < -0.4 is 4.74 Å². The third kappa shape index (κ3) is 3.74. The van der Waals surface area contributed by atoms with E-state index in [1.165, 1.54) is 0 Å². The van der Waals surface area contributed by atoms with Gasteiger partial charge in [0.15, 0.2) is 6.61 Å². The number of rotatable bonds is 5. The van der Waals surface area contributed by atoms with Crippen LogP contribution in [0.1, 0.15) is 13.8 Å². The lowest BCUT2D eigenvalue weighted by Gasteiger charge is -2.18. The summed E-state index contributed by atoms with van der Waals surface area (Å²) in [6, 6.07) is 6.97. The standard InChI is InChI=1S/C12H16ClNO2/c1-3-14(4-2)12(15)9-16-11-7-5-10(13)6-8-11/h5-8H,3-4,9H2,1-2H3. The number of likely N-dealkylation sites (N-methyl/N-ethyl adjacent to an activating group) is 1. The predicted molar refractivity (Wildman–Crippen MR) is 64.9 cm³/mol. The van der Waals surface area contributed by atoms with Gasteiger partial charge in [-0.3, -0.25) is 4.79 Å². The first-order chi connectivity index (χ1) is 7.67. The van der Waals surface area contributed by atoms with Crippen molar-refractivity contribution in [3.05, 3.63) is 29.3 Å². The van der Waals surface area contributed by atoms with Gasteiger partial charge in [0.1, 0.15) is 5.75 Å². The molecule has 1 aromatic rings. The molecule has 0 atom stereocenters. The van der Waals surface area contributed by atoms with Crippen LogP contribution in [0.5, 0.6) is 5.75 Å². The number of carbonyl (C=O) groups excluding carboxylic acids is 1. The molecule has 88 valence electrons. The van der Waals surface area contributed by atoms with E-state index in [1.807, 2.05) is 13.8 Å². The van der Waals surface area contributed by atoms with E-state index in [-0.39, 0.29) is 12.5 Å². The Hall–Kier alpha value is -1.22. The molecule has 0 radical (unpaired) electrons. The fraction of sp³-hybridized carbons (Fsp3) is 0.417. The van der Waals surface area contributed by atoms with Crippen LogP contribution in [0.15, 0.2) is 24.3 Å². The molecule has 0 aromatic heterocycles. The number of nitrogens with zero attached hydrogens (tertiary/aromatic N) is 1. The van der Waals surface area contributed by atoms with Crippen molar-refractivity contribution in [1.82, 2.24) is 4.90 Å². The van der Waals surface area contributed by atoms with Crippen LogP contribution in [0.2, 0.25) is 5.02 Å². The number of halogens is 1. The minimum Gasteiger partial charge on any atom is -0.484 e. The Balaban J connectivity index is 2.45. The Bertz CT molecular complexity index is 333. The van der Waals surface area contributed by atoms with Crippen LogP contribution in [-0.4, -0.2) is 30.5 Å². The zero-order valence-electron chi connectivity index (χ0n) is 9.57. The van der Waals surface area contributed by atoms with Gasteiger partial charge in [-0.25, -0.2) is 0 Å². The summed E-state index contributed by atoms with van der Waals surface area (Å²) in [6.45, 7) is 5.38. The zero-order chi connectivity index (χ0) is 12.0. The number of benzene rings is 1. The molecular weight excluding hydrogens is 226 g/mol. The maximum absolute atomic E-state index is 11.6. The van der Waals surface area contributed by atoms with Gasteiger partial charge in [-0.1, -0.05) is 11.6 Å². The Kier molecular flexibility index (Phi) is 5.12. The summed E-state index contributed by atoms with van der Waals surface area (Å²) >= 11 is 5.74. The second-order valence-corrected chi connectivity index (χ2v) is 3.75. The summed E-state index contributed by atoms with van der Waals surface area (Å²) in [7, 11) is 0. The van der Waals surface area contributed by atoms with Gasteiger partial charge >= 0.3 is 0 Å². The highest BCUT2D eigenvalue weighted by Crippen LogP contribution is 2.15. The van der Waals surface area contributed by atoms with Gasteiger partial charge in [0.2, 0.25) is 0 Å². The molecule has 0 bridgehead atoms. The van der Waals surface area contributed by atoms with E-state index in [0.717, 1.165) is 0 Å². The quantitative estimate of drug-likeness (QED) is 0.793. The fourth-order valence-corrected chi connectivity index (χ4v) is 1.47. The van der Waals surface area contributed by atoms with Crippen LogP contribution in [0, 0.1) is 0 Å². The molecule has 0 aliphatic heterocycles. The molecule has 16 heavy (non-hydrogen) atoms. The summed E-state index contributed by atoms with van der Waals surface area (Å²) in [5, 5.41) is 0.655. The number of hydrogen-bond donors (Lipinski definition) is 0. The molecule has 0 aliphatic rings. The Morgan fingerprint density at radius 3 is 2.31 bits per heavy atom. The van der Waals surface area contributed by atoms with E-state index in [1.54, 1.807) is 29.2 Å². The summed E-state index contributed by atoms with van der Waals surface area (Å²) in [4.78, 5) is 13.4. The van der Waals surface area contributed by atoms with E-state index in [0.29, 0.717) is 23.9 Å². The van der Waals surface area contributed by atoms with Gasteiger partial charge in [-0.2, -0.15) is 0 Å². The van der Waals surface area contributed by atoms with Crippen molar-refractivity contribution >= 4 is 17.5 Å². The second-order valence-electron chi connectivity index (χ2n) is 3.31. The van der Waals surface area contributed by atoms with Crippen molar-refractivity contribution in [2.24, 2.45) is 0 Å². The average Bonchev–Trinajstić information content (AvgIpc) is 2.30. The van der Waals surface area contributed by atoms with Crippen molar-refractivity contribution in [2.75, 3.05) is 19.7 Å². The molecule has 0 N–H and O–H groups in total. The topological polar surface area (TPSA) is 29.5 Å². The van der Waals surface area contributed by atoms with E-state index < -0.39 is 0 Å². The zero-order valence-corrected chi connectivity index (χ0v) is 10.3. The monoisotopic (exact) mass is 241 g/mol. The van der Waals surface area contributed by atoms with E-state index in [4.69, 9.17) is 16.3 Å². The minimum absolute atomic E-state index is 0.0000463. The van der Waals surface area contributed by atoms with Crippen molar-refractivity contribution in [2.45, 2.75) is 13.8 Å². The normalized spacial score (nSPS) is 9.94. The third-order valence-corrected chi connectivity index (χ3v) is 2.54. The SMILES string of the molecule is CCN(CC)C(=O)COc1ccc(Cl)cc1. The van der Waals surface area contributed by atoms with Crippen molar-refractivity contribution in [1.29, 1.82) is 0 Å². The molecular formula is C12H16ClNO2. The van der Waals surface area contributed by atoms with Gasteiger partial charge in [0.05, 0.1) is 0 Å². The highest BCUT2D eigenvalue weighted by Gasteiger charge is 2.09. The van der Waals surface area contributed by atoms with Crippen LogP contribution >= 0.6 is 11.6 Å². The van der Waals surface area contributed by atoms with E-state index >= 15 is 0 Å². The lowest BCUT2D eigenvalue weighted by molar-refractivity contribution is -0.132. The minimum atomic E-state index is -0.0000463. The first-order valence-electron chi connectivity index (χ1n) is 5.33. The lowest BCUT2D eigenvalue weighted by Crippen LogP contribution is -2.34. The molecule has 0 unspecified atom stereocenters. The summed E-state index contributed by atoms with van der Waals surface area (Å²) in [6.07, 6.45) is 0. The van der Waals surface area contributed by atoms with Crippen LogP contribution in [0.3, 0.4) is 0 Å². The number of amides is 1. The Labute approximate surface area is 101 Å². The fourth-order valence-electron chi connectivity index (χ4n) is 1.34. The largest absolute Gasteiger partial charge is 0.484 e. The van der Waals surface area contributed by atoms with Crippen LogP contribution in [0.25, 0.3) is 0 Å². The van der Waals surface area contributed by atoms with Gasteiger partial charge in [0, 0.05) is 18.1 Å². The highest BCUT2D eigenvalue weighted by atomic mass is 35.5. The van der Waals surface area contributed by atoms with Gasteiger partial charge < -0.3 is 9.64 Å². The summed E-state index contributed by atoms with van der Waals surface area (Å²) < 4.78 is 5.36. The highest BCUT2D eigenvalue weighted by molar-refractivity contribution is 6.30. The lowest BCUT2D eigenvalue weighted by atomic mass is 10.3. The van der Waals surface area contributed by atoms with Crippen molar-refractivity contribution in [3.63, 3.8) is 0 Å². The Morgan fingerprint density at radius 2 is 1.81 bits per heavy atom. The van der Waals surface area contributed by atoms with Gasteiger partial charge in [0.25, 0.3) is 5.91 Å². The average molecular weight is 242 g/mol. The second kappa shape index (κ2) is 6.38. The van der Waals surface area contributed by atoms with Gasteiger partial charge in [-0.05, 0) is 38.1 Å². The number of ether oxygens (including phenoxy) is 1. The smallest absolute Gasteiger partial charge is 0.260 e.